The molecule has 1 unspecified atom stereocenters. The number of ether oxygens (including phenoxy) is 1. The molecule has 7 nitrogen and oxygen atoms in total. The van der Waals surface area contributed by atoms with Crippen LogP contribution >= 0.6 is 0 Å². The fourth-order valence-electron chi connectivity index (χ4n) is 2.13. The Kier molecular flexibility index (Phi) is 5.44. The smallest absolute Gasteiger partial charge is 0.413 e. The van der Waals surface area contributed by atoms with Crippen LogP contribution in [-0.4, -0.2) is 21.9 Å². The van der Waals surface area contributed by atoms with Crippen molar-refractivity contribution in [3.05, 3.63) is 35.9 Å². The quantitative estimate of drug-likeness (QED) is 0.756. The lowest BCUT2D eigenvalue weighted by molar-refractivity contribution is 0.0635. The van der Waals surface area contributed by atoms with Gasteiger partial charge in [-0.2, -0.15) is 5.10 Å². The van der Waals surface area contributed by atoms with E-state index in [0.717, 1.165) is 17.7 Å². The van der Waals surface area contributed by atoms with Crippen LogP contribution in [0.3, 0.4) is 0 Å². The summed E-state index contributed by atoms with van der Waals surface area (Å²) in [6, 6.07) is 3.91. The van der Waals surface area contributed by atoms with E-state index in [9.17, 15) is 4.79 Å². The van der Waals surface area contributed by atoms with Crippen molar-refractivity contribution >= 4 is 11.9 Å². The van der Waals surface area contributed by atoms with Crippen LogP contribution in [0.5, 0.6) is 0 Å². The summed E-state index contributed by atoms with van der Waals surface area (Å²) in [5, 5.41) is 12.8. The average molecular weight is 320 g/mol. The standard InChI is InChI=1S/C16H24N4O3/c1-5-12(13-7-6-8-22-13)17-9-11-10-18-20-14(11)19-15(21)23-16(2,3)4/h6-8,10,12,17H,5,9H2,1-4H3,(H2,18,19,20,21). The zero-order chi connectivity index (χ0) is 16.9. The van der Waals surface area contributed by atoms with Crippen LogP contribution in [0.1, 0.15) is 51.5 Å². The number of furan rings is 1. The summed E-state index contributed by atoms with van der Waals surface area (Å²) >= 11 is 0. The van der Waals surface area contributed by atoms with Crippen LogP contribution in [0, 0.1) is 0 Å². The predicted molar refractivity (Wildman–Crippen MR) is 87.0 cm³/mol. The summed E-state index contributed by atoms with van der Waals surface area (Å²) in [5.74, 6) is 1.42. The molecule has 0 radical (unpaired) electrons. The zero-order valence-corrected chi connectivity index (χ0v) is 14.0. The summed E-state index contributed by atoms with van der Waals surface area (Å²) in [6.07, 6.45) is 3.71. The molecular weight excluding hydrogens is 296 g/mol. The Morgan fingerprint density at radius 3 is 2.87 bits per heavy atom. The van der Waals surface area contributed by atoms with Crippen molar-refractivity contribution in [1.82, 2.24) is 15.5 Å². The third kappa shape index (κ3) is 5.14. The van der Waals surface area contributed by atoms with Gasteiger partial charge in [0.05, 0.1) is 18.5 Å². The van der Waals surface area contributed by atoms with E-state index in [1.807, 2.05) is 32.9 Å². The number of anilines is 1. The Labute approximate surface area is 135 Å². The maximum atomic E-state index is 11.8. The van der Waals surface area contributed by atoms with Gasteiger partial charge in [-0.1, -0.05) is 6.92 Å². The van der Waals surface area contributed by atoms with E-state index in [-0.39, 0.29) is 6.04 Å². The summed E-state index contributed by atoms with van der Waals surface area (Å²) in [7, 11) is 0. The minimum Gasteiger partial charge on any atom is -0.468 e. The molecule has 0 aliphatic carbocycles. The number of carbonyl (C=O) groups excluding carboxylic acids is 1. The van der Waals surface area contributed by atoms with Gasteiger partial charge in [-0.05, 0) is 39.3 Å². The summed E-state index contributed by atoms with van der Waals surface area (Å²) < 4.78 is 10.7. The average Bonchev–Trinajstić information content (AvgIpc) is 3.09. The Morgan fingerprint density at radius 1 is 1.48 bits per heavy atom. The first-order valence-corrected chi connectivity index (χ1v) is 7.68. The van der Waals surface area contributed by atoms with Crippen molar-refractivity contribution in [1.29, 1.82) is 0 Å². The van der Waals surface area contributed by atoms with E-state index in [1.54, 1.807) is 12.5 Å². The molecule has 0 saturated carbocycles. The van der Waals surface area contributed by atoms with Gasteiger partial charge in [-0.25, -0.2) is 4.79 Å². The number of aromatic nitrogens is 2. The normalized spacial score (nSPS) is 12.9. The van der Waals surface area contributed by atoms with Gasteiger partial charge in [-0.3, -0.25) is 10.4 Å². The lowest BCUT2D eigenvalue weighted by atomic mass is 10.1. The first-order valence-electron chi connectivity index (χ1n) is 7.68. The molecule has 0 aliphatic rings. The Balaban J connectivity index is 1.94. The molecule has 3 N–H and O–H groups in total. The van der Waals surface area contributed by atoms with Crippen molar-refractivity contribution in [2.24, 2.45) is 0 Å². The third-order valence-corrected chi connectivity index (χ3v) is 3.18. The number of nitrogens with zero attached hydrogens (tertiary/aromatic N) is 1. The van der Waals surface area contributed by atoms with Crippen molar-refractivity contribution < 1.29 is 13.9 Å². The molecule has 126 valence electrons. The van der Waals surface area contributed by atoms with Crippen LogP contribution < -0.4 is 10.6 Å². The molecule has 0 aliphatic heterocycles. The molecular formula is C16H24N4O3. The van der Waals surface area contributed by atoms with E-state index in [0.29, 0.717) is 12.4 Å². The van der Waals surface area contributed by atoms with E-state index < -0.39 is 11.7 Å². The molecule has 23 heavy (non-hydrogen) atoms. The fraction of sp³-hybridized carbons (Fsp3) is 0.500. The second-order valence-corrected chi connectivity index (χ2v) is 6.25. The molecule has 0 saturated heterocycles. The molecule has 2 aromatic rings. The van der Waals surface area contributed by atoms with Gasteiger partial charge in [0.1, 0.15) is 17.2 Å². The van der Waals surface area contributed by atoms with Crippen LogP contribution in [0.25, 0.3) is 0 Å². The molecule has 2 rings (SSSR count). The van der Waals surface area contributed by atoms with Crippen LogP contribution in [0.2, 0.25) is 0 Å². The summed E-state index contributed by atoms with van der Waals surface area (Å²) in [5.41, 5.74) is 0.302. The van der Waals surface area contributed by atoms with Crippen molar-refractivity contribution in [3.63, 3.8) is 0 Å². The summed E-state index contributed by atoms with van der Waals surface area (Å²) in [6.45, 7) is 8.07. The number of amides is 1. The Morgan fingerprint density at radius 2 is 2.26 bits per heavy atom. The minimum atomic E-state index is -0.547. The number of carbonyl (C=O) groups is 1. The highest BCUT2D eigenvalue weighted by Crippen LogP contribution is 2.19. The predicted octanol–water partition coefficient (Wildman–Crippen LogP) is 3.59. The third-order valence-electron chi connectivity index (χ3n) is 3.18. The molecule has 1 atom stereocenters. The fourth-order valence-corrected chi connectivity index (χ4v) is 2.13. The second kappa shape index (κ2) is 7.32. The van der Waals surface area contributed by atoms with Gasteiger partial charge in [0.2, 0.25) is 0 Å². The topological polar surface area (TPSA) is 92.2 Å². The summed E-state index contributed by atoms with van der Waals surface area (Å²) in [4.78, 5) is 11.8. The van der Waals surface area contributed by atoms with Crippen LogP contribution in [0.15, 0.2) is 29.0 Å². The number of hydrogen-bond acceptors (Lipinski definition) is 5. The van der Waals surface area contributed by atoms with Crippen molar-refractivity contribution in [3.8, 4) is 0 Å². The first-order chi connectivity index (χ1) is 10.9. The monoisotopic (exact) mass is 320 g/mol. The van der Waals surface area contributed by atoms with Crippen LogP contribution in [0.4, 0.5) is 10.6 Å². The van der Waals surface area contributed by atoms with Crippen LogP contribution in [-0.2, 0) is 11.3 Å². The van der Waals surface area contributed by atoms with Gasteiger partial charge in [0.15, 0.2) is 0 Å². The zero-order valence-electron chi connectivity index (χ0n) is 14.0. The highest BCUT2D eigenvalue weighted by Gasteiger charge is 2.18. The van der Waals surface area contributed by atoms with Gasteiger partial charge in [-0.15, -0.1) is 0 Å². The van der Waals surface area contributed by atoms with Crippen molar-refractivity contribution in [2.45, 2.75) is 52.3 Å². The highest BCUT2D eigenvalue weighted by atomic mass is 16.6. The maximum Gasteiger partial charge on any atom is 0.413 e. The van der Waals surface area contributed by atoms with E-state index in [2.05, 4.69) is 27.8 Å². The number of nitrogens with one attached hydrogen (secondary N) is 3. The number of rotatable bonds is 6. The molecule has 1 amide bonds. The van der Waals surface area contributed by atoms with Gasteiger partial charge in [0.25, 0.3) is 0 Å². The maximum absolute atomic E-state index is 11.8. The van der Waals surface area contributed by atoms with Crippen molar-refractivity contribution in [2.75, 3.05) is 5.32 Å². The Bertz CT molecular complexity index is 614. The number of aromatic amines is 1. The van der Waals surface area contributed by atoms with Gasteiger partial charge in [0, 0.05) is 12.1 Å². The largest absolute Gasteiger partial charge is 0.468 e. The molecule has 2 aromatic heterocycles. The lowest BCUT2D eigenvalue weighted by Gasteiger charge is -2.19. The van der Waals surface area contributed by atoms with E-state index in [4.69, 9.17) is 9.15 Å². The molecule has 0 fully saturated rings. The van der Waals surface area contributed by atoms with E-state index in [1.165, 1.54) is 0 Å². The number of hydrogen-bond donors (Lipinski definition) is 3. The first kappa shape index (κ1) is 17.1. The lowest BCUT2D eigenvalue weighted by Crippen LogP contribution is -2.28. The molecule has 0 bridgehead atoms. The minimum absolute atomic E-state index is 0.106. The molecule has 7 heteroatoms. The van der Waals surface area contributed by atoms with Gasteiger partial charge >= 0.3 is 6.09 Å². The molecule has 0 spiro atoms. The second-order valence-electron chi connectivity index (χ2n) is 6.25. The highest BCUT2D eigenvalue weighted by molar-refractivity contribution is 5.84. The SMILES string of the molecule is CCC(NCc1cn[nH]c1NC(=O)OC(C)(C)C)c1ccco1. The van der Waals surface area contributed by atoms with Gasteiger partial charge < -0.3 is 14.5 Å². The Hall–Kier alpha value is -2.28. The molecule has 0 aromatic carbocycles. The van der Waals surface area contributed by atoms with E-state index >= 15 is 0 Å². The molecule has 2 heterocycles. The number of H-pyrrole nitrogens is 1.